The van der Waals surface area contributed by atoms with Crippen LogP contribution in [-0.4, -0.2) is 74.9 Å². The van der Waals surface area contributed by atoms with Crippen LogP contribution in [0.4, 0.5) is 0 Å². The SMILES string of the molecule is CCC(NC(=O)C1COCCN1)C(=O)N1CCOCC1.Cl. The minimum absolute atomic E-state index is 0. The number of nitrogens with one attached hydrogen (secondary N) is 2. The predicted molar refractivity (Wildman–Crippen MR) is 79.5 cm³/mol. The first-order chi connectivity index (χ1) is 9.72. The fraction of sp³-hybridized carbons (Fsp3) is 0.846. The normalized spacial score (nSPS) is 23.9. The highest BCUT2D eigenvalue weighted by Gasteiger charge is 2.29. The number of ether oxygens (including phenoxy) is 2. The maximum Gasteiger partial charge on any atom is 0.245 e. The van der Waals surface area contributed by atoms with Crippen LogP contribution in [-0.2, 0) is 19.1 Å². The van der Waals surface area contributed by atoms with Gasteiger partial charge in [0.1, 0.15) is 12.1 Å². The van der Waals surface area contributed by atoms with E-state index in [9.17, 15) is 9.59 Å². The Bertz CT molecular complexity index is 344. The van der Waals surface area contributed by atoms with Crippen LogP contribution in [0, 0.1) is 0 Å². The fourth-order valence-electron chi connectivity index (χ4n) is 2.35. The lowest BCUT2D eigenvalue weighted by Crippen LogP contribution is -2.57. The Labute approximate surface area is 131 Å². The molecule has 0 aromatic carbocycles. The highest BCUT2D eigenvalue weighted by Crippen LogP contribution is 2.04. The second-order valence-electron chi connectivity index (χ2n) is 4.99. The number of amides is 2. The van der Waals surface area contributed by atoms with E-state index in [0.717, 1.165) is 0 Å². The summed E-state index contributed by atoms with van der Waals surface area (Å²) in [4.78, 5) is 26.2. The molecule has 0 bridgehead atoms. The van der Waals surface area contributed by atoms with Gasteiger partial charge in [0.15, 0.2) is 0 Å². The first-order valence-electron chi connectivity index (χ1n) is 7.20. The Kier molecular flexibility index (Phi) is 7.95. The molecule has 21 heavy (non-hydrogen) atoms. The number of carbonyl (C=O) groups excluding carboxylic acids is 2. The summed E-state index contributed by atoms with van der Waals surface area (Å²) in [5, 5.41) is 5.90. The summed E-state index contributed by atoms with van der Waals surface area (Å²) in [5.41, 5.74) is 0. The monoisotopic (exact) mass is 321 g/mol. The number of nitrogens with zero attached hydrogens (tertiary/aromatic N) is 1. The first-order valence-corrected chi connectivity index (χ1v) is 7.20. The third kappa shape index (κ3) is 5.10. The van der Waals surface area contributed by atoms with Crippen LogP contribution in [0.25, 0.3) is 0 Å². The van der Waals surface area contributed by atoms with E-state index in [1.54, 1.807) is 4.90 Å². The summed E-state index contributed by atoms with van der Waals surface area (Å²) < 4.78 is 10.5. The third-order valence-electron chi connectivity index (χ3n) is 3.58. The second-order valence-corrected chi connectivity index (χ2v) is 4.99. The molecule has 2 unspecified atom stereocenters. The molecule has 0 aliphatic carbocycles. The molecule has 2 aliphatic rings. The molecule has 0 saturated carbocycles. The second kappa shape index (κ2) is 9.19. The highest BCUT2D eigenvalue weighted by molar-refractivity contribution is 5.90. The van der Waals surface area contributed by atoms with Crippen LogP contribution in [0.3, 0.4) is 0 Å². The van der Waals surface area contributed by atoms with Gasteiger partial charge in [-0.25, -0.2) is 0 Å². The van der Waals surface area contributed by atoms with Gasteiger partial charge in [-0.2, -0.15) is 0 Å². The summed E-state index contributed by atoms with van der Waals surface area (Å²) in [5.74, 6) is -0.195. The van der Waals surface area contributed by atoms with Gasteiger partial charge in [-0.1, -0.05) is 6.92 Å². The Hall–Kier alpha value is -0.890. The van der Waals surface area contributed by atoms with E-state index in [4.69, 9.17) is 9.47 Å². The molecule has 2 atom stereocenters. The fourth-order valence-corrected chi connectivity index (χ4v) is 2.35. The molecular weight excluding hydrogens is 298 g/mol. The van der Waals surface area contributed by atoms with E-state index in [1.807, 2.05) is 6.92 Å². The minimum atomic E-state index is -0.468. The predicted octanol–water partition coefficient (Wildman–Crippen LogP) is -0.850. The van der Waals surface area contributed by atoms with E-state index >= 15 is 0 Å². The number of hydrogen-bond acceptors (Lipinski definition) is 5. The van der Waals surface area contributed by atoms with Crippen molar-refractivity contribution < 1.29 is 19.1 Å². The summed E-state index contributed by atoms with van der Waals surface area (Å²) in [6.45, 7) is 5.84. The van der Waals surface area contributed by atoms with Crippen LogP contribution in [0.2, 0.25) is 0 Å². The zero-order valence-corrected chi connectivity index (χ0v) is 13.1. The standard InChI is InChI=1S/C13H23N3O4.ClH/c1-2-10(13(18)16-4-7-19-8-5-16)15-12(17)11-9-20-6-3-14-11;/h10-11,14H,2-9H2,1H3,(H,15,17);1H. The number of morpholine rings is 2. The van der Waals surface area contributed by atoms with E-state index in [0.29, 0.717) is 52.5 Å². The van der Waals surface area contributed by atoms with Crippen molar-refractivity contribution in [3.63, 3.8) is 0 Å². The van der Waals surface area contributed by atoms with Crippen molar-refractivity contribution >= 4 is 24.2 Å². The van der Waals surface area contributed by atoms with Gasteiger partial charge >= 0.3 is 0 Å². The van der Waals surface area contributed by atoms with Crippen LogP contribution < -0.4 is 10.6 Å². The van der Waals surface area contributed by atoms with Gasteiger partial charge in [-0.3, -0.25) is 9.59 Å². The minimum Gasteiger partial charge on any atom is -0.378 e. The van der Waals surface area contributed by atoms with E-state index in [-0.39, 0.29) is 30.3 Å². The molecular formula is C13H24ClN3O4. The number of halogens is 1. The van der Waals surface area contributed by atoms with Gasteiger partial charge in [0.2, 0.25) is 11.8 Å². The van der Waals surface area contributed by atoms with Crippen LogP contribution >= 0.6 is 12.4 Å². The first kappa shape index (κ1) is 18.2. The molecule has 0 aromatic rings. The van der Waals surface area contributed by atoms with Crippen molar-refractivity contribution in [2.75, 3.05) is 46.1 Å². The van der Waals surface area contributed by atoms with Crippen molar-refractivity contribution in [2.45, 2.75) is 25.4 Å². The summed E-state index contributed by atoms with van der Waals surface area (Å²) in [6.07, 6.45) is 0.579. The number of hydrogen-bond donors (Lipinski definition) is 2. The topological polar surface area (TPSA) is 79.9 Å². The van der Waals surface area contributed by atoms with Crippen molar-refractivity contribution in [2.24, 2.45) is 0 Å². The molecule has 2 amide bonds. The molecule has 0 spiro atoms. The summed E-state index contributed by atoms with van der Waals surface area (Å²) in [6, 6.07) is -0.834. The van der Waals surface area contributed by atoms with Gasteiger partial charge in [-0.15, -0.1) is 12.4 Å². The van der Waals surface area contributed by atoms with Gasteiger partial charge in [0, 0.05) is 19.6 Å². The molecule has 7 nitrogen and oxygen atoms in total. The molecule has 2 saturated heterocycles. The Morgan fingerprint density at radius 3 is 2.57 bits per heavy atom. The average molecular weight is 322 g/mol. The molecule has 2 N–H and O–H groups in total. The Morgan fingerprint density at radius 2 is 2.00 bits per heavy atom. The van der Waals surface area contributed by atoms with Gasteiger partial charge < -0.3 is 25.0 Å². The van der Waals surface area contributed by atoms with E-state index in [2.05, 4.69) is 10.6 Å². The quantitative estimate of drug-likeness (QED) is 0.705. The van der Waals surface area contributed by atoms with Crippen LogP contribution in [0.5, 0.6) is 0 Å². The number of rotatable bonds is 4. The summed E-state index contributed by atoms with van der Waals surface area (Å²) in [7, 11) is 0. The van der Waals surface area contributed by atoms with Gasteiger partial charge in [0.05, 0.1) is 26.4 Å². The largest absolute Gasteiger partial charge is 0.378 e. The lowest BCUT2D eigenvalue weighted by Gasteiger charge is -2.31. The zero-order valence-electron chi connectivity index (χ0n) is 12.3. The Balaban J connectivity index is 0.00000220. The van der Waals surface area contributed by atoms with Crippen molar-refractivity contribution in [3.8, 4) is 0 Å². The van der Waals surface area contributed by atoms with Gasteiger partial charge in [-0.05, 0) is 6.42 Å². The molecule has 2 aliphatic heterocycles. The van der Waals surface area contributed by atoms with Crippen molar-refractivity contribution in [1.29, 1.82) is 0 Å². The third-order valence-corrected chi connectivity index (χ3v) is 3.58. The van der Waals surface area contributed by atoms with E-state index < -0.39 is 6.04 Å². The highest BCUT2D eigenvalue weighted by atomic mass is 35.5. The zero-order chi connectivity index (χ0) is 14.4. The van der Waals surface area contributed by atoms with E-state index in [1.165, 1.54) is 0 Å². The molecule has 2 rings (SSSR count). The van der Waals surface area contributed by atoms with Gasteiger partial charge in [0.25, 0.3) is 0 Å². The van der Waals surface area contributed by atoms with Crippen molar-refractivity contribution in [1.82, 2.24) is 15.5 Å². The molecule has 2 fully saturated rings. The summed E-state index contributed by atoms with van der Waals surface area (Å²) >= 11 is 0. The van der Waals surface area contributed by atoms with Crippen LogP contribution in [0.15, 0.2) is 0 Å². The van der Waals surface area contributed by atoms with Crippen molar-refractivity contribution in [3.05, 3.63) is 0 Å². The Morgan fingerprint density at radius 1 is 1.29 bits per heavy atom. The lowest BCUT2D eigenvalue weighted by atomic mass is 10.1. The molecule has 0 radical (unpaired) electrons. The molecule has 8 heteroatoms. The maximum atomic E-state index is 12.4. The molecule has 0 aromatic heterocycles. The smallest absolute Gasteiger partial charge is 0.245 e. The molecule has 2 heterocycles. The molecule has 122 valence electrons. The average Bonchev–Trinajstić information content (AvgIpc) is 2.53. The lowest BCUT2D eigenvalue weighted by molar-refractivity contribution is -0.140. The van der Waals surface area contributed by atoms with Crippen LogP contribution in [0.1, 0.15) is 13.3 Å². The number of carbonyl (C=O) groups is 2. The maximum absolute atomic E-state index is 12.4.